The summed E-state index contributed by atoms with van der Waals surface area (Å²) in [6, 6.07) is 0. The first-order valence-corrected chi connectivity index (χ1v) is 6.30. The molecule has 0 rings (SSSR count). The molecule has 5 heteroatoms. The third-order valence-electron chi connectivity index (χ3n) is 2.32. The largest absolute Gasteiger partial charge is 0.447 e. The summed E-state index contributed by atoms with van der Waals surface area (Å²) in [4.78, 5) is 13.2. The molecule has 1 unspecified atom stereocenters. The summed E-state index contributed by atoms with van der Waals surface area (Å²) in [6.07, 6.45) is -0.476. The number of ether oxygens (including phenoxy) is 3. The van der Waals surface area contributed by atoms with Crippen LogP contribution in [0.4, 0.5) is 4.79 Å². The smallest absolute Gasteiger partial charge is 0.409 e. The molecule has 0 aromatic heterocycles. The Morgan fingerprint density at radius 1 is 1.06 bits per heavy atom. The van der Waals surface area contributed by atoms with Crippen molar-refractivity contribution in [2.45, 2.75) is 33.8 Å². The minimum atomic E-state index is -0.295. The number of carbonyl (C=O) groups is 1. The van der Waals surface area contributed by atoms with Crippen LogP contribution in [-0.2, 0) is 14.2 Å². The molecule has 0 N–H and O–H groups in total. The zero-order chi connectivity index (χ0) is 13.1. The minimum absolute atomic E-state index is 0.181. The molecule has 0 spiro atoms. The summed E-state index contributed by atoms with van der Waals surface area (Å²) in [6.45, 7) is 10.9. The van der Waals surface area contributed by atoms with Gasteiger partial charge in [0.25, 0.3) is 0 Å². The molecule has 1 amide bonds. The summed E-state index contributed by atoms with van der Waals surface area (Å²) in [7, 11) is 0. The predicted octanol–water partition coefficient (Wildman–Crippen LogP) is 1.91. The first-order chi connectivity index (χ1) is 8.19. The van der Waals surface area contributed by atoms with Crippen LogP contribution in [0.5, 0.6) is 0 Å². The lowest BCUT2D eigenvalue weighted by atomic mass is 10.4. The van der Waals surface area contributed by atoms with Crippen LogP contribution < -0.4 is 0 Å². The number of amides is 1. The quantitative estimate of drug-likeness (QED) is 0.624. The van der Waals surface area contributed by atoms with Crippen LogP contribution in [0.2, 0.25) is 0 Å². The van der Waals surface area contributed by atoms with Crippen molar-refractivity contribution in [3.8, 4) is 0 Å². The fraction of sp³-hybridized carbons (Fsp3) is 0.917. The van der Waals surface area contributed by atoms with E-state index in [0.717, 1.165) is 0 Å². The van der Waals surface area contributed by atoms with Crippen LogP contribution >= 0.6 is 0 Å². The monoisotopic (exact) mass is 247 g/mol. The Kier molecular flexibility index (Phi) is 9.86. The molecule has 0 heterocycles. The van der Waals surface area contributed by atoms with Gasteiger partial charge in [-0.3, -0.25) is 0 Å². The van der Waals surface area contributed by atoms with Gasteiger partial charge < -0.3 is 19.1 Å². The van der Waals surface area contributed by atoms with Crippen molar-refractivity contribution in [3.05, 3.63) is 0 Å². The molecule has 0 aromatic rings. The molecule has 5 nitrogen and oxygen atoms in total. The van der Waals surface area contributed by atoms with Gasteiger partial charge in [0.1, 0.15) is 12.7 Å². The van der Waals surface area contributed by atoms with Crippen molar-refractivity contribution in [3.63, 3.8) is 0 Å². The second kappa shape index (κ2) is 10.4. The van der Waals surface area contributed by atoms with Gasteiger partial charge in [-0.25, -0.2) is 4.79 Å². The maximum Gasteiger partial charge on any atom is 0.409 e. The molecule has 0 radical (unpaired) electrons. The van der Waals surface area contributed by atoms with E-state index >= 15 is 0 Å². The second-order valence-electron chi connectivity index (χ2n) is 3.49. The molecule has 0 aliphatic carbocycles. The van der Waals surface area contributed by atoms with Crippen LogP contribution in [0.25, 0.3) is 0 Å². The Morgan fingerprint density at radius 3 is 2.18 bits per heavy atom. The van der Waals surface area contributed by atoms with Crippen LogP contribution in [0, 0.1) is 0 Å². The van der Waals surface area contributed by atoms with E-state index in [1.165, 1.54) is 0 Å². The highest BCUT2D eigenvalue weighted by molar-refractivity contribution is 5.67. The van der Waals surface area contributed by atoms with Crippen molar-refractivity contribution in [2.75, 3.05) is 39.5 Å². The van der Waals surface area contributed by atoms with E-state index in [-0.39, 0.29) is 18.8 Å². The van der Waals surface area contributed by atoms with Crippen LogP contribution in [0.15, 0.2) is 0 Å². The molecular formula is C12H25NO4. The number of nitrogens with zero attached hydrogens (tertiary/aromatic N) is 1. The third-order valence-corrected chi connectivity index (χ3v) is 2.32. The Balaban J connectivity index is 3.96. The molecule has 17 heavy (non-hydrogen) atoms. The highest BCUT2D eigenvalue weighted by Gasteiger charge is 2.15. The van der Waals surface area contributed by atoms with E-state index in [2.05, 4.69) is 0 Å². The fourth-order valence-electron chi connectivity index (χ4n) is 1.37. The van der Waals surface area contributed by atoms with Gasteiger partial charge >= 0.3 is 6.09 Å². The first-order valence-electron chi connectivity index (χ1n) is 6.30. The van der Waals surface area contributed by atoms with E-state index in [1.54, 1.807) is 4.90 Å². The maximum atomic E-state index is 11.6. The van der Waals surface area contributed by atoms with E-state index in [0.29, 0.717) is 32.9 Å². The molecule has 102 valence electrons. The summed E-state index contributed by atoms with van der Waals surface area (Å²) in [5, 5.41) is 0. The number of carbonyl (C=O) groups excluding carboxylic acids is 1. The Labute approximate surface area is 104 Å². The van der Waals surface area contributed by atoms with Crippen LogP contribution in [0.3, 0.4) is 0 Å². The molecule has 0 aromatic carbocycles. The van der Waals surface area contributed by atoms with Crippen LogP contribution in [0.1, 0.15) is 27.7 Å². The lowest BCUT2D eigenvalue weighted by Gasteiger charge is -2.21. The number of rotatable bonds is 9. The van der Waals surface area contributed by atoms with E-state index < -0.39 is 0 Å². The van der Waals surface area contributed by atoms with Gasteiger partial charge in [-0.2, -0.15) is 0 Å². The van der Waals surface area contributed by atoms with Gasteiger partial charge in [-0.1, -0.05) is 0 Å². The Bertz CT molecular complexity index is 195. The zero-order valence-corrected chi connectivity index (χ0v) is 11.4. The van der Waals surface area contributed by atoms with Gasteiger partial charge in [-0.15, -0.1) is 0 Å². The topological polar surface area (TPSA) is 48.0 Å². The molecule has 0 saturated heterocycles. The van der Waals surface area contributed by atoms with Crippen molar-refractivity contribution in [1.82, 2.24) is 4.90 Å². The first kappa shape index (κ1) is 16.2. The SMILES string of the molecule is CCOCC(COC(=O)N(CC)CC)OCC. The zero-order valence-electron chi connectivity index (χ0n) is 11.4. The number of hydrogen-bond donors (Lipinski definition) is 0. The normalized spacial score (nSPS) is 12.2. The van der Waals surface area contributed by atoms with Crippen molar-refractivity contribution >= 4 is 6.09 Å². The lowest BCUT2D eigenvalue weighted by molar-refractivity contribution is -0.0428. The number of hydrogen-bond acceptors (Lipinski definition) is 4. The lowest BCUT2D eigenvalue weighted by Crippen LogP contribution is -2.35. The summed E-state index contributed by atoms with van der Waals surface area (Å²) < 4.78 is 15.9. The summed E-state index contributed by atoms with van der Waals surface area (Å²) in [5.41, 5.74) is 0. The maximum absolute atomic E-state index is 11.6. The van der Waals surface area contributed by atoms with Gasteiger partial charge in [0, 0.05) is 26.3 Å². The molecular weight excluding hydrogens is 222 g/mol. The highest BCUT2D eigenvalue weighted by Crippen LogP contribution is 1.99. The van der Waals surface area contributed by atoms with Gasteiger partial charge in [-0.05, 0) is 27.7 Å². The molecule has 0 bridgehead atoms. The Hall–Kier alpha value is -0.810. The predicted molar refractivity (Wildman–Crippen MR) is 66.2 cm³/mol. The van der Waals surface area contributed by atoms with Gasteiger partial charge in [0.2, 0.25) is 0 Å². The van der Waals surface area contributed by atoms with Crippen molar-refractivity contribution < 1.29 is 19.0 Å². The third kappa shape index (κ3) is 7.18. The Morgan fingerprint density at radius 2 is 1.71 bits per heavy atom. The van der Waals surface area contributed by atoms with Crippen LogP contribution in [-0.4, -0.2) is 56.6 Å². The average molecular weight is 247 g/mol. The van der Waals surface area contributed by atoms with Crippen molar-refractivity contribution in [2.24, 2.45) is 0 Å². The van der Waals surface area contributed by atoms with E-state index in [4.69, 9.17) is 14.2 Å². The average Bonchev–Trinajstić information content (AvgIpc) is 2.34. The standard InChI is InChI=1S/C12H25NO4/c1-5-13(6-2)12(14)17-10-11(16-8-4)9-15-7-3/h11H,5-10H2,1-4H3. The van der Waals surface area contributed by atoms with E-state index in [9.17, 15) is 4.79 Å². The fourth-order valence-corrected chi connectivity index (χ4v) is 1.37. The summed E-state index contributed by atoms with van der Waals surface area (Å²) in [5.74, 6) is 0. The minimum Gasteiger partial charge on any atom is -0.447 e. The second-order valence-corrected chi connectivity index (χ2v) is 3.49. The highest BCUT2D eigenvalue weighted by atomic mass is 16.6. The molecule has 0 fully saturated rings. The van der Waals surface area contributed by atoms with Gasteiger partial charge in [0.05, 0.1) is 6.61 Å². The van der Waals surface area contributed by atoms with E-state index in [1.807, 2.05) is 27.7 Å². The molecule has 0 saturated carbocycles. The van der Waals surface area contributed by atoms with Crippen molar-refractivity contribution in [1.29, 1.82) is 0 Å². The molecule has 1 atom stereocenters. The molecule has 0 aliphatic rings. The van der Waals surface area contributed by atoms with Gasteiger partial charge in [0.15, 0.2) is 0 Å². The summed E-state index contributed by atoms with van der Waals surface area (Å²) >= 11 is 0. The molecule has 0 aliphatic heterocycles.